The van der Waals surface area contributed by atoms with Crippen molar-refractivity contribution in [1.82, 2.24) is 9.97 Å². The van der Waals surface area contributed by atoms with E-state index in [0.717, 1.165) is 18.6 Å². The summed E-state index contributed by atoms with van der Waals surface area (Å²) in [6.45, 7) is 0. The van der Waals surface area contributed by atoms with Gasteiger partial charge in [0.05, 0.1) is 5.03 Å². The summed E-state index contributed by atoms with van der Waals surface area (Å²) in [6, 6.07) is 7.77. The molecule has 0 aliphatic heterocycles. The van der Waals surface area contributed by atoms with Crippen LogP contribution in [0, 0.1) is 0 Å². The van der Waals surface area contributed by atoms with Gasteiger partial charge in [0.1, 0.15) is 4.60 Å². The van der Waals surface area contributed by atoms with Gasteiger partial charge in [-0.2, -0.15) is 0 Å². The molecule has 2 aromatic rings. The second-order valence-corrected chi connectivity index (χ2v) is 6.29. The van der Waals surface area contributed by atoms with Gasteiger partial charge in [-0.1, -0.05) is 0 Å². The summed E-state index contributed by atoms with van der Waals surface area (Å²) >= 11 is 11.4. The standard InChI is InChI=1S/C6H6BrNS.C5H3Br2N/c1-9-6-3-2-5(7)4-8-6;6-4-1-2-5(7)8-3-4/h2-4H,1H3;1-3H. The predicted octanol–water partition coefficient (Wildman–Crippen LogP) is 5.17. The van der Waals surface area contributed by atoms with Gasteiger partial charge >= 0.3 is 0 Å². The van der Waals surface area contributed by atoms with E-state index in [1.54, 1.807) is 24.2 Å². The van der Waals surface area contributed by atoms with E-state index >= 15 is 0 Å². The van der Waals surface area contributed by atoms with Crippen molar-refractivity contribution in [2.45, 2.75) is 5.03 Å². The Kier molecular flexibility index (Phi) is 7.34. The van der Waals surface area contributed by atoms with Gasteiger partial charge in [-0.25, -0.2) is 9.97 Å². The molecule has 2 aromatic heterocycles. The lowest BCUT2D eigenvalue weighted by atomic mass is 10.5. The Morgan fingerprint density at radius 3 is 1.82 bits per heavy atom. The third-order valence-corrected chi connectivity index (χ3v) is 3.67. The summed E-state index contributed by atoms with van der Waals surface area (Å²) < 4.78 is 2.89. The second kappa shape index (κ2) is 8.24. The number of nitrogens with zero attached hydrogens (tertiary/aromatic N) is 2. The van der Waals surface area contributed by atoms with Gasteiger partial charge in [-0.3, -0.25) is 0 Å². The third kappa shape index (κ3) is 6.55. The van der Waals surface area contributed by atoms with Crippen LogP contribution in [0.1, 0.15) is 0 Å². The minimum atomic E-state index is 0.862. The average molecular weight is 441 g/mol. The molecular weight excluding hydrogens is 432 g/mol. The largest absolute Gasteiger partial charge is 0.249 e. The molecule has 90 valence electrons. The van der Waals surface area contributed by atoms with Crippen molar-refractivity contribution >= 4 is 59.6 Å². The van der Waals surface area contributed by atoms with Gasteiger partial charge in [0.25, 0.3) is 0 Å². The third-order valence-electron chi connectivity index (χ3n) is 1.60. The van der Waals surface area contributed by atoms with Crippen LogP contribution in [0.4, 0.5) is 0 Å². The summed E-state index contributed by atoms with van der Waals surface area (Å²) in [7, 11) is 0. The zero-order valence-electron chi connectivity index (χ0n) is 8.90. The summed E-state index contributed by atoms with van der Waals surface area (Å²) in [5.41, 5.74) is 0. The first-order valence-corrected chi connectivity index (χ1v) is 8.15. The fourth-order valence-electron chi connectivity index (χ4n) is 0.841. The van der Waals surface area contributed by atoms with E-state index in [1.807, 2.05) is 30.5 Å². The van der Waals surface area contributed by atoms with E-state index in [4.69, 9.17) is 0 Å². The maximum absolute atomic E-state index is 4.11. The minimum absolute atomic E-state index is 0.862. The maximum Gasteiger partial charge on any atom is 0.106 e. The van der Waals surface area contributed by atoms with Crippen molar-refractivity contribution in [2.75, 3.05) is 6.26 Å². The Labute approximate surface area is 130 Å². The summed E-state index contributed by atoms with van der Waals surface area (Å²) in [6.07, 6.45) is 5.55. The van der Waals surface area contributed by atoms with Gasteiger partial charge in [-0.15, -0.1) is 11.8 Å². The number of hydrogen-bond acceptors (Lipinski definition) is 3. The Balaban J connectivity index is 0.000000171. The van der Waals surface area contributed by atoms with E-state index in [2.05, 4.69) is 57.8 Å². The molecule has 0 spiro atoms. The molecule has 0 unspecified atom stereocenters. The summed E-state index contributed by atoms with van der Waals surface area (Å²) in [5.74, 6) is 0. The highest BCUT2D eigenvalue weighted by Crippen LogP contribution is 2.13. The average Bonchev–Trinajstić information content (AvgIpc) is 2.35. The van der Waals surface area contributed by atoms with Crippen LogP contribution in [-0.4, -0.2) is 16.2 Å². The predicted molar refractivity (Wildman–Crippen MR) is 83.4 cm³/mol. The lowest BCUT2D eigenvalue weighted by Gasteiger charge is -1.91. The molecular formula is C11H9Br3N2S. The number of thioether (sulfide) groups is 1. The van der Waals surface area contributed by atoms with Crippen LogP contribution in [0.15, 0.2) is 55.2 Å². The quantitative estimate of drug-likeness (QED) is 0.451. The maximum atomic E-state index is 4.11. The molecule has 0 aliphatic rings. The minimum Gasteiger partial charge on any atom is -0.249 e. The molecule has 2 heterocycles. The van der Waals surface area contributed by atoms with Gasteiger partial charge < -0.3 is 0 Å². The lowest BCUT2D eigenvalue weighted by molar-refractivity contribution is 1.13. The smallest absolute Gasteiger partial charge is 0.106 e. The van der Waals surface area contributed by atoms with Crippen molar-refractivity contribution in [3.05, 3.63) is 50.2 Å². The van der Waals surface area contributed by atoms with Crippen LogP contribution >= 0.6 is 59.6 Å². The fraction of sp³-hybridized carbons (Fsp3) is 0.0909. The normalized spacial score (nSPS) is 9.41. The van der Waals surface area contributed by atoms with E-state index in [-0.39, 0.29) is 0 Å². The molecule has 0 aliphatic carbocycles. The SMILES string of the molecule is Brc1ccc(Br)nc1.CSc1ccc(Br)cn1. The molecule has 0 aromatic carbocycles. The topological polar surface area (TPSA) is 25.8 Å². The Hall–Kier alpha value is 0.0900. The Morgan fingerprint density at radius 2 is 1.47 bits per heavy atom. The van der Waals surface area contributed by atoms with Gasteiger partial charge in [-0.05, 0) is 78.3 Å². The Bertz CT molecular complexity index is 424. The highest BCUT2D eigenvalue weighted by atomic mass is 79.9. The summed E-state index contributed by atoms with van der Waals surface area (Å²) in [4.78, 5) is 8.06. The van der Waals surface area contributed by atoms with Crippen LogP contribution in [0.25, 0.3) is 0 Å². The highest BCUT2D eigenvalue weighted by molar-refractivity contribution is 9.11. The van der Waals surface area contributed by atoms with E-state index < -0.39 is 0 Å². The second-order valence-electron chi connectivity index (χ2n) is 2.82. The van der Waals surface area contributed by atoms with Gasteiger partial charge in [0.15, 0.2) is 0 Å². The molecule has 6 heteroatoms. The molecule has 0 radical (unpaired) electrons. The zero-order valence-corrected chi connectivity index (χ0v) is 14.5. The van der Waals surface area contributed by atoms with Crippen LogP contribution in [0.2, 0.25) is 0 Å². The van der Waals surface area contributed by atoms with Gasteiger partial charge in [0, 0.05) is 21.3 Å². The number of aromatic nitrogens is 2. The molecule has 0 fully saturated rings. The first-order valence-electron chi connectivity index (χ1n) is 4.54. The number of pyridine rings is 2. The number of rotatable bonds is 1. The van der Waals surface area contributed by atoms with Crippen molar-refractivity contribution in [3.63, 3.8) is 0 Å². The molecule has 0 N–H and O–H groups in total. The number of hydrogen-bond donors (Lipinski definition) is 0. The van der Waals surface area contributed by atoms with Crippen molar-refractivity contribution in [1.29, 1.82) is 0 Å². The number of halogens is 3. The molecule has 0 atom stereocenters. The van der Waals surface area contributed by atoms with Crippen molar-refractivity contribution < 1.29 is 0 Å². The first-order chi connectivity index (χ1) is 8.11. The van der Waals surface area contributed by atoms with Crippen LogP contribution in [0.5, 0.6) is 0 Å². The van der Waals surface area contributed by atoms with E-state index in [9.17, 15) is 0 Å². The molecule has 2 rings (SSSR count). The van der Waals surface area contributed by atoms with Crippen LogP contribution in [0.3, 0.4) is 0 Å². The molecule has 17 heavy (non-hydrogen) atoms. The lowest BCUT2D eigenvalue weighted by Crippen LogP contribution is -1.74. The molecule has 0 saturated carbocycles. The van der Waals surface area contributed by atoms with E-state index in [0.29, 0.717) is 0 Å². The van der Waals surface area contributed by atoms with Crippen LogP contribution < -0.4 is 0 Å². The highest BCUT2D eigenvalue weighted by Gasteiger charge is 1.88. The molecule has 0 saturated heterocycles. The van der Waals surface area contributed by atoms with Crippen LogP contribution in [-0.2, 0) is 0 Å². The molecule has 0 bridgehead atoms. The Morgan fingerprint density at radius 1 is 0.882 bits per heavy atom. The van der Waals surface area contributed by atoms with Crippen molar-refractivity contribution in [2.24, 2.45) is 0 Å². The van der Waals surface area contributed by atoms with Crippen molar-refractivity contribution in [3.8, 4) is 0 Å². The molecule has 2 nitrogen and oxygen atoms in total. The zero-order chi connectivity index (χ0) is 12.7. The fourth-order valence-corrected chi connectivity index (χ4v) is 1.91. The monoisotopic (exact) mass is 438 g/mol. The van der Waals surface area contributed by atoms with E-state index in [1.165, 1.54) is 0 Å². The first kappa shape index (κ1) is 15.1. The van der Waals surface area contributed by atoms with Gasteiger partial charge in [0.2, 0.25) is 0 Å². The summed E-state index contributed by atoms with van der Waals surface area (Å²) in [5, 5.41) is 1.05. The molecule has 0 amide bonds.